The number of amides is 1. The normalized spacial score (nSPS) is 29.7. The van der Waals surface area contributed by atoms with Gasteiger partial charge in [-0.15, -0.1) is 0 Å². The first-order valence-corrected chi connectivity index (χ1v) is 8.33. The lowest BCUT2D eigenvalue weighted by Crippen LogP contribution is -2.54. The second-order valence-corrected chi connectivity index (χ2v) is 6.79. The van der Waals surface area contributed by atoms with Gasteiger partial charge in [0.25, 0.3) is 0 Å². The highest BCUT2D eigenvalue weighted by atomic mass is 16.5. The molecule has 0 aromatic carbocycles. The Hall–Kier alpha value is -0.650. The molecule has 21 heavy (non-hydrogen) atoms. The first kappa shape index (κ1) is 15.3. The molecule has 3 rings (SSSR count). The van der Waals surface area contributed by atoms with Crippen LogP contribution in [0, 0.1) is 5.92 Å². The van der Waals surface area contributed by atoms with Gasteiger partial charge in [-0.05, 0) is 31.6 Å². The summed E-state index contributed by atoms with van der Waals surface area (Å²) in [4.78, 5) is 16.8. The molecule has 3 heterocycles. The highest BCUT2D eigenvalue weighted by Gasteiger charge is 2.46. The highest BCUT2D eigenvalue weighted by Crippen LogP contribution is 2.39. The molecule has 5 heteroatoms. The first-order valence-electron chi connectivity index (χ1n) is 8.33. The van der Waals surface area contributed by atoms with Crippen molar-refractivity contribution in [3.8, 4) is 0 Å². The van der Waals surface area contributed by atoms with Crippen LogP contribution in [0.25, 0.3) is 0 Å². The predicted octanol–water partition coefficient (Wildman–Crippen LogP) is 1.13. The van der Waals surface area contributed by atoms with Crippen LogP contribution >= 0.6 is 0 Å². The molecular weight excluding hydrogens is 268 g/mol. The second kappa shape index (κ2) is 6.63. The number of methoxy groups -OCH3 is 1. The molecule has 3 saturated heterocycles. The van der Waals surface area contributed by atoms with Gasteiger partial charge in [0.15, 0.2) is 0 Å². The van der Waals surface area contributed by atoms with Crippen LogP contribution in [-0.4, -0.2) is 74.4 Å². The maximum atomic E-state index is 12.2. The number of carbonyl (C=O) groups excluding carboxylic acids is 1. The van der Waals surface area contributed by atoms with Gasteiger partial charge in [-0.2, -0.15) is 0 Å². The van der Waals surface area contributed by atoms with Crippen LogP contribution in [0.5, 0.6) is 0 Å². The van der Waals surface area contributed by atoms with Crippen molar-refractivity contribution in [2.75, 3.05) is 53.1 Å². The van der Waals surface area contributed by atoms with E-state index in [1.807, 2.05) is 0 Å². The predicted molar refractivity (Wildman–Crippen MR) is 80.2 cm³/mol. The van der Waals surface area contributed by atoms with Gasteiger partial charge in [-0.1, -0.05) is 0 Å². The van der Waals surface area contributed by atoms with E-state index in [9.17, 15) is 4.79 Å². The molecule has 0 unspecified atom stereocenters. The summed E-state index contributed by atoms with van der Waals surface area (Å²) in [5, 5.41) is 0. The van der Waals surface area contributed by atoms with E-state index in [2.05, 4.69) is 9.80 Å². The van der Waals surface area contributed by atoms with Crippen LogP contribution in [0.4, 0.5) is 0 Å². The van der Waals surface area contributed by atoms with E-state index in [-0.39, 0.29) is 5.54 Å². The number of piperidine rings is 1. The molecule has 1 atom stereocenters. The summed E-state index contributed by atoms with van der Waals surface area (Å²) in [6, 6.07) is 0. The Labute approximate surface area is 127 Å². The minimum atomic E-state index is 0.123. The van der Waals surface area contributed by atoms with Gasteiger partial charge >= 0.3 is 0 Å². The molecule has 3 aliphatic heterocycles. The van der Waals surface area contributed by atoms with Gasteiger partial charge in [0.1, 0.15) is 0 Å². The molecule has 0 N–H and O–H groups in total. The minimum absolute atomic E-state index is 0.123. The smallest absolute Gasteiger partial charge is 0.223 e. The Morgan fingerprint density at radius 1 is 1.33 bits per heavy atom. The van der Waals surface area contributed by atoms with E-state index in [1.165, 1.54) is 13.0 Å². The van der Waals surface area contributed by atoms with Crippen molar-refractivity contribution in [1.29, 1.82) is 0 Å². The van der Waals surface area contributed by atoms with E-state index < -0.39 is 0 Å². The third-order valence-electron chi connectivity index (χ3n) is 5.52. The Balaban J connectivity index is 1.54. The van der Waals surface area contributed by atoms with E-state index in [0.29, 0.717) is 18.4 Å². The van der Waals surface area contributed by atoms with Crippen LogP contribution in [0.3, 0.4) is 0 Å². The summed E-state index contributed by atoms with van der Waals surface area (Å²) in [7, 11) is 1.71. The fourth-order valence-electron chi connectivity index (χ4n) is 4.18. The molecule has 0 aromatic rings. The summed E-state index contributed by atoms with van der Waals surface area (Å²) in [6.45, 7) is 6.67. The molecular formula is C16H28N2O3. The maximum absolute atomic E-state index is 12.2. The van der Waals surface area contributed by atoms with Gasteiger partial charge < -0.3 is 19.3 Å². The Morgan fingerprint density at radius 3 is 2.81 bits per heavy atom. The number of carbonyl (C=O) groups is 1. The third kappa shape index (κ3) is 3.25. The minimum Gasteiger partial charge on any atom is -0.383 e. The number of rotatable bonds is 5. The topological polar surface area (TPSA) is 42.0 Å². The zero-order valence-corrected chi connectivity index (χ0v) is 13.2. The maximum Gasteiger partial charge on any atom is 0.223 e. The standard InChI is InChI=1S/C16H28N2O3/c1-20-11-9-18-15(19)2-4-16(18)5-7-17(8-6-16)12-14-3-10-21-13-14/h14H,2-13H2,1H3/t14-/m0/s1. The zero-order valence-electron chi connectivity index (χ0n) is 13.2. The van der Waals surface area contributed by atoms with E-state index in [0.717, 1.165) is 58.5 Å². The summed E-state index contributed by atoms with van der Waals surface area (Å²) in [5.74, 6) is 1.04. The van der Waals surface area contributed by atoms with Gasteiger partial charge in [0.05, 0.1) is 13.2 Å². The van der Waals surface area contributed by atoms with Crippen molar-refractivity contribution in [3.05, 3.63) is 0 Å². The van der Waals surface area contributed by atoms with Crippen molar-refractivity contribution in [2.45, 2.75) is 37.6 Å². The Bertz CT molecular complexity index is 361. The molecule has 0 saturated carbocycles. The number of nitrogens with zero attached hydrogens (tertiary/aromatic N) is 2. The average molecular weight is 296 g/mol. The third-order valence-corrected chi connectivity index (χ3v) is 5.52. The van der Waals surface area contributed by atoms with E-state index in [4.69, 9.17) is 9.47 Å². The lowest BCUT2D eigenvalue weighted by Gasteiger charge is -2.45. The van der Waals surface area contributed by atoms with E-state index in [1.54, 1.807) is 7.11 Å². The van der Waals surface area contributed by atoms with Crippen molar-refractivity contribution >= 4 is 5.91 Å². The van der Waals surface area contributed by atoms with Crippen LogP contribution in [0.15, 0.2) is 0 Å². The second-order valence-electron chi connectivity index (χ2n) is 6.79. The summed E-state index contributed by atoms with van der Waals surface area (Å²) >= 11 is 0. The number of hydrogen-bond donors (Lipinski definition) is 0. The van der Waals surface area contributed by atoms with Gasteiger partial charge in [-0.25, -0.2) is 0 Å². The number of hydrogen-bond acceptors (Lipinski definition) is 4. The lowest BCUT2D eigenvalue weighted by atomic mass is 9.84. The highest BCUT2D eigenvalue weighted by molar-refractivity contribution is 5.79. The van der Waals surface area contributed by atoms with Gasteiger partial charge in [0.2, 0.25) is 5.91 Å². The number of ether oxygens (including phenoxy) is 2. The summed E-state index contributed by atoms with van der Waals surface area (Å²) < 4.78 is 10.7. The molecule has 0 radical (unpaired) electrons. The molecule has 1 amide bonds. The monoisotopic (exact) mass is 296 g/mol. The number of likely N-dealkylation sites (tertiary alicyclic amines) is 2. The molecule has 3 aliphatic rings. The summed E-state index contributed by atoms with van der Waals surface area (Å²) in [5.41, 5.74) is 0.123. The van der Waals surface area contributed by atoms with Crippen molar-refractivity contribution in [1.82, 2.24) is 9.80 Å². The quantitative estimate of drug-likeness (QED) is 0.762. The fraction of sp³-hybridized carbons (Fsp3) is 0.938. The molecule has 1 spiro atoms. The van der Waals surface area contributed by atoms with Crippen molar-refractivity contribution < 1.29 is 14.3 Å². The molecule has 5 nitrogen and oxygen atoms in total. The average Bonchev–Trinajstić information content (AvgIpc) is 3.10. The Morgan fingerprint density at radius 2 is 2.14 bits per heavy atom. The van der Waals surface area contributed by atoms with Gasteiger partial charge in [-0.3, -0.25) is 4.79 Å². The molecule has 120 valence electrons. The first-order chi connectivity index (χ1) is 10.2. The van der Waals surface area contributed by atoms with Crippen LogP contribution in [0.2, 0.25) is 0 Å². The van der Waals surface area contributed by atoms with Crippen LogP contribution in [-0.2, 0) is 14.3 Å². The zero-order chi connectivity index (χ0) is 14.7. The van der Waals surface area contributed by atoms with E-state index >= 15 is 0 Å². The van der Waals surface area contributed by atoms with Crippen molar-refractivity contribution in [3.63, 3.8) is 0 Å². The van der Waals surface area contributed by atoms with Crippen LogP contribution in [0.1, 0.15) is 32.1 Å². The lowest BCUT2D eigenvalue weighted by molar-refractivity contribution is -0.133. The Kier molecular flexibility index (Phi) is 4.82. The SMILES string of the molecule is COCCN1C(=O)CCC12CCN(C[C@@H]1CCOC1)CC2. The van der Waals surface area contributed by atoms with Crippen molar-refractivity contribution in [2.24, 2.45) is 5.92 Å². The summed E-state index contributed by atoms with van der Waals surface area (Å²) in [6.07, 6.45) is 5.21. The van der Waals surface area contributed by atoms with Crippen LogP contribution < -0.4 is 0 Å². The fourth-order valence-corrected chi connectivity index (χ4v) is 4.18. The molecule has 0 aliphatic carbocycles. The molecule has 3 fully saturated rings. The largest absolute Gasteiger partial charge is 0.383 e. The van der Waals surface area contributed by atoms with Gasteiger partial charge in [0, 0.05) is 51.9 Å². The molecule has 0 aromatic heterocycles. The molecule has 0 bridgehead atoms.